The number of hydrogen-bond acceptors (Lipinski definition) is 0. The fraction of sp³-hybridized carbons (Fsp3) is 0.0909. The zero-order valence-electron chi connectivity index (χ0n) is 6.83. The smallest absolute Gasteiger partial charge is 0.0191 e. The van der Waals surface area contributed by atoms with Crippen LogP contribution in [0.25, 0.3) is 0 Å². The molecule has 1 N–H and O–H groups in total. The number of H-pyrrole nitrogens is 1. The summed E-state index contributed by atoms with van der Waals surface area (Å²) in [4.78, 5) is 3.19. The monoisotopic (exact) mass is 157 g/mol. The van der Waals surface area contributed by atoms with E-state index in [0.29, 0.717) is 0 Å². The summed E-state index contributed by atoms with van der Waals surface area (Å²) in [6.07, 6.45) is 2.95. The fourth-order valence-electron chi connectivity index (χ4n) is 1.29. The predicted octanol–water partition coefficient (Wildman–Crippen LogP) is 2.61. The Hall–Kier alpha value is -1.50. The van der Waals surface area contributed by atoms with E-state index in [1.54, 1.807) is 0 Å². The van der Waals surface area contributed by atoms with Gasteiger partial charge in [0, 0.05) is 18.3 Å². The highest BCUT2D eigenvalue weighted by Gasteiger charge is 1.93. The van der Waals surface area contributed by atoms with Crippen LogP contribution in [0.3, 0.4) is 0 Å². The summed E-state index contributed by atoms with van der Waals surface area (Å²) < 4.78 is 0. The highest BCUT2D eigenvalue weighted by molar-refractivity contribution is 5.21. The molecule has 1 heterocycles. The molecule has 2 aromatic rings. The molecule has 0 fully saturated rings. The molecule has 1 aromatic heterocycles. The first-order chi connectivity index (χ1) is 5.95. The quantitative estimate of drug-likeness (QED) is 0.689. The summed E-state index contributed by atoms with van der Waals surface area (Å²) in [5, 5.41) is 0. The van der Waals surface area contributed by atoms with Crippen molar-refractivity contribution in [2.75, 3.05) is 0 Å². The first-order valence-electron chi connectivity index (χ1n) is 4.11. The van der Waals surface area contributed by atoms with Gasteiger partial charge < -0.3 is 4.98 Å². The van der Waals surface area contributed by atoms with E-state index in [9.17, 15) is 0 Å². The highest BCUT2D eigenvalue weighted by atomic mass is 14.7. The largest absolute Gasteiger partial charge is 0.365 e. The van der Waals surface area contributed by atoms with E-state index in [1.807, 2.05) is 18.3 Å². The van der Waals surface area contributed by atoms with Gasteiger partial charge in [0.25, 0.3) is 0 Å². The van der Waals surface area contributed by atoms with E-state index in [1.165, 1.54) is 11.3 Å². The Balaban J connectivity index is 2.15. The molecule has 0 spiro atoms. The molecule has 0 aliphatic heterocycles. The third kappa shape index (κ3) is 1.56. The van der Waals surface area contributed by atoms with E-state index in [-0.39, 0.29) is 0 Å². The Labute approximate surface area is 72.1 Å². The Morgan fingerprint density at radius 3 is 2.42 bits per heavy atom. The Bertz CT molecular complexity index is 321. The zero-order chi connectivity index (χ0) is 8.23. The molecule has 0 aliphatic carbocycles. The average molecular weight is 157 g/mol. The van der Waals surface area contributed by atoms with Crippen molar-refractivity contribution in [2.24, 2.45) is 0 Å². The summed E-state index contributed by atoms with van der Waals surface area (Å²) in [5.41, 5.74) is 2.61. The minimum atomic E-state index is 0.994. The molecule has 1 aromatic carbocycles. The maximum absolute atomic E-state index is 3.19. The number of hydrogen-bond donors (Lipinski definition) is 1. The van der Waals surface area contributed by atoms with Crippen molar-refractivity contribution in [3.63, 3.8) is 0 Å². The van der Waals surface area contributed by atoms with Gasteiger partial charge in [-0.05, 0) is 17.7 Å². The van der Waals surface area contributed by atoms with Crippen molar-refractivity contribution in [3.8, 4) is 0 Å². The lowest BCUT2D eigenvalue weighted by Crippen LogP contribution is -1.86. The lowest BCUT2D eigenvalue weighted by atomic mass is 10.1. The number of nitrogens with one attached hydrogen (secondary N) is 1. The fourth-order valence-corrected chi connectivity index (χ4v) is 1.29. The van der Waals surface area contributed by atoms with E-state index in [4.69, 9.17) is 0 Å². The van der Waals surface area contributed by atoms with E-state index in [2.05, 4.69) is 35.3 Å². The second-order valence-electron chi connectivity index (χ2n) is 2.86. The first-order valence-corrected chi connectivity index (χ1v) is 4.11. The van der Waals surface area contributed by atoms with Crippen LogP contribution < -0.4 is 0 Å². The van der Waals surface area contributed by atoms with Crippen molar-refractivity contribution in [3.05, 3.63) is 59.9 Å². The SMILES string of the molecule is c1ccc(Cc2ccc[nH]2)cc1. The molecule has 1 heteroatoms. The van der Waals surface area contributed by atoms with Gasteiger partial charge in [-0.2, -0.15) is 0 Å². The maximum atomic E-state index is 3.19. The summed E-state index contributed by atoms with van der Waals surface area (Å²) in [5.74, 6) is 0. The van der Waals surface area contributed by atoms with Crippen molar-refractivity contribution in [1.82, 2.24) is 4.98 Å². The van der Waals surface area contributed by atoms with Crippen LogP contribution in [-0.2, 0) is 6.42 Å². The van der Waals surface area contributed by atoms with Crippen LogP contribution in [0, 0.1) is 0 Å². The van der Waals surface area contributed by atoms with Gasteiger partial charge in [-0.15, -0.1) is 0 Å². The van der Waals surface area contributed by atoms with Gasteiger partial charge >= 0.3 is 0 Å². The van der Waals surface area contributed by atoms with Gasteiger partial charge in [0.15, 0.2) is 0 Å². The molecule has 0 saturated carbocycles. The molecule has 1 nitrogen and oxygen atoms in total. The average Bonchev–Trinajstić information content (AvgIpc) is 2.59. The highest BCUT2D eigenvalue weighted by Crippen LogP contribution is 2.05. The van der Waals surface area contributed by atoms with Gasteiger partial charge in [0.2, 0.25) is 0 Å². The molecule has 0 atom stereocenters. The number of aromatic amines is 1. The van der Waals surface area contributed by atoms with Crippen LogP contribution in [-0.4, -0.2) is 4.98 Å². The second-order valence-corrected chi connectivity index (χ2v) is 2.86. The lowest BCUT2D eigenvalue weighted by Gasteiger charge is -1.96. The molecule has 60 valence electrons. The molecule has 0 bridgehead atoms. The molecule has 0 radical (unpaired) electrons. The van der Waals surface area contributed by atoms with Crippen LogP contribution in [0.4, 0.5) is 0 Å². The molecule has 0 unspecified atom stereocenters. The minimum Gasteiger partial charge on any atom is -0.365 e. The summed E-state index contributed by atoms with van der Waals surface area (Å²) >= 11 is 0. The molecule has 0 amide bonds. The van der Waals surface area contributed by atoms with E-state index < -0.39 is 0 Å². The Morgan fingerprint density at radius 2 is 1.75 bits per heavy atom. The van der Waals surface area contributed by atoms with Crippen molar-refractivity contribution >= 4 is 0 Å². The van der Waals surface area contributed by atoms with E-state index >= 15 is 0 Å². The first kappa shape index (κ1) is 7.17. The van der Waals surface area contributed by atoms with Gasteiger partial charge in [-0.25, -0.2) is 0 Å². The number of aromatic nitrogens is 1. The van der Waals surface area contributed by atoms with Crippen LogP contribution >= 0.6 is 0 Å². The third-order valence-electron chi connectivity index (χ3n) is 1.90. The predicted molar refractivity (Wildman–Crippen MR) is 50.0 cm³/mol. The van der Waals surface area contributed by atoms with Gasteiger partial charge in [0.05, 0.1) is 0 Å². The lowest BCUT2D eigenvalue weighted by molar-refractivity contribution is 1.11. The van der Waals surface area contributed by atoms with Crippen LogP contribution in [0.1, 0.15) is 11.3 Å². The Kier molecular flexibility index (Phi) is 1.95. The summed E-state index contributed by atoms with van der Waals surface area (Å²) in [6, 6.07) is 14.6. The molecule has 0 saturated heterocycles. The van der Waals surface area contributed by atoms with Crippen molar-refractivity contribution in [1.29, 1.82) is 0 Å². The van der Waals surface area contributed by atoms with Gasteiger partial charge in [-0.3, -0.25) is 0 Å². The summed E-state index contributed by atoms with van der Waals surface area (Å²) in [7, 11) is 0. The number of rotatable bonds is 2. The van der Waals surface area contributed by atoms with Crippen molar-refractivity contribution in [2.45, 2.75) is 6.42 Å². The van der Waals surface area contributed by atoms with Crippen LogP contribution in [0.15, 0.2) is 48.7 Å². The molecule has 0 aliphatic rings. The topological polar surface area (TPSA) is 15.8 Å². The molecule has 12 heavy (non-hydrogen) atoms. The molecule has 2 rings (SSSR count). The van der Waals surface area contributed by atoms with Crippen molar-refractivity contribution < 1.29 is 0 Å². The van der Waals surface area contributed by atoms with Gasteiger partial charge in [0.1, 0.15) is 0 Å². The van der Waals surface area contributed by atoms with Crippen LogP contribution in [0.2, 0.25) is 0 Å². The van der Waals surface area contributed by atoms with Gasteiger partial charge in [-0.1, -0.05) is 30.3 Å². The summed E-state index contributed by atoms with van der Waals surface area (Å²) in [6.45, 7) is 0. The second kappa shape index (κ2) is 3.26. The molecular formula is C11H11N. The Morgan fingerprint density at radius 1 is 0.917 bits per heavy atom. The van der Waals surface area contributed by atoms with E-state index in [0.717, 1.165) is 6.42 Å². The number of benzene rings is 1. The zero-order valence-corrected chi connectivity index (χ0v) is 6.83. The standard InChI is InChI=1S/C11H11N/c1-2-5-10(6-3-1)9-11-7-4-8-12-11/h1-8,12H,9H2. The minimum absolute atomic E-state index is 0.994. The maximum Gasteiger partial charge on any atom is 0.0191 e. The normalized spacial score (nSPS) is 10.0. The molecular weight excluding hydrogens is 146 g/mol. The third-order valence-corrected chi connectivity index (χ3v) is 1.90. The van der Waals surface area contributed by atoms with Crippen LogP contribution in [0.5, 0.6) is 0 Å².